The minimum Gasteiger partial charge on any atom is -0.477 e. The number of pyridine rings is 1. The molecular weight excluding hydrogens is 260 g/mol. The van der Waals surface area contributed by atoms with Crippen LogP contribution in [0.4, 0.5) is 0 Å². The summed E-state index contributed by atoms with van der Waals surface area (Å²) in [5, 5.41) is 3.48. The molecule has 1 aromatic heterocycles. The number of hydrogen-bond acceptors (Lipinski definition) is 3. The van der Waals surface area contributed by atoms with Crippen molar-refractivity contribution in [2.45, 2.75) is 78.3 Å². The molecule has 0 unspecified atom stereocenters. The van der Waals surface area contributed by atoms with Gasteiger partial charge >= 0.3 is 0 Å². The van der Waals surface area contributed by atoms with Gasteiger partial charge in [0.25, 0.3) is 0 Å². The summed E-state index contributed by atoms with van der Waals surface area (Å²) in [4.78, 5) is 4.36. The first kappa shape index (κ1) is 18.0. The van der Waals surface area contributed by atoms with Crippen LogP contribution in [0.2, 0.25) is 0 Å². The maximum absolute atomic E-state index is 5.86. The smallest absolute Gasteiger partial charge is 0.217 e. The van der Waals surface area contributed by atoms with Crippen LogP contribution in [0.1, 0.15) is 71.8 Å². The van der Waals surface area contributed by atoms with Crippen LogP contribution in [0.15, 0.2) is 18.3 Å². The molecule has 0 spiro atoms. The van der Waals surface area contributed by atoms with Crippen LogP contribution < -0.4 is 10.1 Å². The Morgan fingerprint density at radius 2 is 1.81 bits per heavy atom. The predicted molar refractivity (Wildman–Crippen MR) is 89.7 cm³/mol. The molecule has 1 rings (SSSR count). The molecule has 1 heterocycles. The summed E-state index contributed by atoms with van der Waals surface area (Å²) in [6, 6.07) is 4.06. The van der Waals surface area contributed by atoms with Crippen LogP contribution in [0.25, 0.3) is 0 Å². The molecule has 0 amide bonds. The van der Waals surface area contributed by atoms with E-state index in [9.17, 15) is 0 Å². The maximum Gasteiger partial charge on any atom is 0.217 e. The third-order valence-corrected chi connectivity index (χ3v) is 3.40. The zero-order chi connectivity index (χ0) is 15.6. The normalized spacial score (nSPS) is 11.6. The Kier molecular flexibility index (Phi) is 8.36. The van der Waals surface area contributed by atoms with Crippen molar-refractivity contribution in [3.05, 3.63) is 23.9 Å². The average Bonchev–Trinajstić information content (AvgIpc) is 2.44. The second kappa shape index (κ2) is 9.78. The van der Waals surface area contributed by atoms with Crippen molar-refractivity contribution in [1.29, 1.82) is 0 Å². The van der Waals surface area contributed by atoms with Crippen LogP contribution in [0, 0.1) is 0 Å². The van der Waals surface area contributed by atoms with Crippen molar-refractivity contribution < 1.29 is 4.74 Å². The van der Waals surface area contributed by atoms with Crippen LogP contribution in [-0.2, 0) is 6.54 Å². The SMILES string of the molecule is CCCCCCCCOc1ncccc1CNC(C)(C)C. The van der Waals surface area contributed by atoms with Gasteiger partial charge in [0.1, 0.15) is 0 Å². The lowest BCUT2D eigenvalue weighted by atomic mass is 10.1. The van der Waals surface area contributed by atoms with Gasteiger partial charge < -0.3 is 10.1 Å². The quantitative estimate of drug-likeness (QED) is 0.634. The molecule has 3 heteroatoms. The van der Waals surface area contributed by atoms with Crippen molar-refractivity contribution >= 4 is 0 Å². The molecule has 1 aromatic rings. The Bertz CT molecular complexity index is 385. The van der Waals surface area contributed by atoms with E-state index in [0.29, 0.717) is 0 Å². The summed E-state index contributed by atoms with van der Waals surface area (Å²) >= 11 is 0. The van der Waals surface area contributed by atoms with Crippen LogP contribution in [0.3, 0.4) is 0 Å². The largest absolute Gasteiger partial charge is 0.477 e. The fourth-order valence-electron chi connectivity index (χ4n) is 2.10. The highest BCUT2D eigenvalue weighted by atomic mass is 16.5. The molecule has 0 fully saturated rings. The minimum absolute atomic E-state index is 0.104. The molecule has 3 nitrogen and oxygen atoms in total. The summed E-state index contributed by atoms with van der Waals surface area (Å²) in [6.07, 6.45) is 9.49. The predicted octanol–water partition coefficient (Wildman–Crippen LogP) is 4.71. The number of ether oxygens (including phenoxy) is 1. The number of aromatic nitrogens is 1. The van der Waals surface area contributed by atoms with Gasteiger partial charge in [0.2, 0.25) is 5.88 Å². The molecule has 0 aliphatic rings. The van der Waals surface area contributed by atoms with Gasteiger partial charge in [-0.25, -0.2) is 4.98 Å². The van der Waals surface area contributed by atoms with E-state index in [1.807, 2.05) is 6.07 Å². The molecule has 21 heavy (non-hydrogen) atoms. The topological polar surface area (TPSA) is 34.1 Å². The molecule has 0 aromatic carbocycles. The Morgan fingerprint density at radius 1 is 1.10 bits per heavy atom. The summed E-state index contributed by atoms with van der Waals surface area (Å²) in [6.45, 7) is 10.3. The molecule has 0 radical (unpaired) electrons. The highest BCUT2D eigenvalue weighted by Crippen LogP contribution is 2.16. The van der Waals surface area contributed by atoms with E-state index in [1.165, 1.54) is 32.1 Å². The Labute approximate surface area is 130 Å². The molecule has 0 saturated carbocycles. The van der Waals surface area contributed by atoms with Crippen molar-refractivity contribution in [3.8, 4) is 5.88 Å². The fourth-order valence-corrected chi connectivity index (χ4v) is 2.10. The van der Waals surface area contributed by atoms with Gasteiger partial charge in [0.05, 0.1) is 6.61 Å². The summed E-state index contributed by atoms with van der Waals surface area (Å²) in [5.74, 6) is 0.780. The lowest BCUT2D eigenvalue weighted by molar-refractivity contribution is 0.287. The van der Waals surface area contributed by atoms with Gasteiger partial charge in [-0.15, -0.1) is 0 Å². The molecule has 0 aliphatic heterocycles. The molecule has 0 atom stereocenters. The number of rotatable bonds is 10. The van der Waals surface area contributed by atoms with Crippen LogP contribution in [-0.4, -0.2) is 17.1 Å². The van der Waals surface area contributed by atoms with Gasteiger partial charge in [-0.05, 0) is 33.3 Å². The van der Waals surface area contributed by atoms with Gasteiger partial charge in [-0.1, -0.05) is 45.1 Å². The third-order valence-electron chi connectivity index (χ3n) is 3.40. The Balaban J connectivity index is 2.31. The highest BCUT2D eigenvalue weighted by molar-refractivity contribution is 5.25. The second-order valence-corrected chi connectivity index (χ2v) is 6.69. The van der Waals surface area contributed by atoms with E-state index >= 15 is 0 Å². The van der Waals surface area contributed by atoms with Crippen molar-refractivity contribution in [3.63, 3.8) is 0 Å². The summed E-state index contributed by atoms with van der Waals surface area (Å²) in [7, 11) is 0. The average molecular weight is 292 g/mol. The van der Waals surface area contributed by atoms with E-state index in [0.717, 1.165) is 31.0 Å². The maximum atomic E-state index is 5.86. The monoisotopic (exact) mass is 292 g/mol. The van der Waals surface area contributed by atoms with Crippen LogP contribution in [0.5, 0.6) is 5.88 Å². The van der Waals surface area contributed by atoms with Gasteiger partial charge in [-0.3, -0.25) is 0 Å². The van der Waals surface area contributed by atoms with E-state index in [-0.39, 0.29) is 5.54 Å². The zero-order valence-corrected chi connectivity index (χ0v) is 14.2. The minimum atomic E-state index is 0.104. The molecule has 0 aliphatic carbocycles. The summed E-state index contributed by atoms with van der Waals surface area (Å²) in [5.41, 5.74) is 1.24. The number of hydrogen-bond donors (Lipinski definition) is 1. The lowest BCUT2D eigenvalue weighted by Gasteiger charge is -2.21. The summed E-state index contributed by atoms with van der Waals surface area (Å²) < 4.78 is 5.86. The van der Waals surface area contributed by atoms with Gasteiger partial charge in [0, 0.05) is 23.8 Å². The van der Waals surface area contributed by atoms with E-state index in [2.05, 4.69) is 44.1 Å². The molecule has 0 bridgehead atoms. The zero-order valence-electron chi connectivity index (χ0n) is 14.2. The standard InChI is InChI=1S/C18H32N2O/c1-5-6-7-8-9-10-14-21-17-16(12-11-13-19-17)15-20-18(2,3)4/h11-13,20H,5-10,14-15H2,1-4H3. The molecule has 0 saturated heterocycles. The number of unbranched alkanes of at least 4 members (excludes halogenated alkanes) is 5. The van der Waals surface area contributed by atoms with Crippen molar-refractivity contribution in [2.75, 3.05) is 6.61 Å². The molecular formula is C18H32N2O. The first-order chi connectivity index (χ1) is 10.0. The fraction of sp³-hybridized carbons (Fsp3) is 0.722. The molecule has 1 N–H and O–H groups in total. The van der Waals surface area contributed by atoms with E-state index < -0.39 is 0 Å². The first-order valence-corrected chi connectivity index (χ1v) is 8.34. The number of nitrogens with one attached hydrogen (secondary N) is 1. The number of nitrogens with zero attached hydrogens (tertiary/aromatic N) is 1. The second-order valence-electron chi connectivity index (χ2n) is 6.69. The lowest BCUT2D eigenvalue weighted by Crippen LogP contribution is -2.35. The van der Waals surface area contributed by atoms with Crippen LogP contribution >= 0.6 is 0 Å². The van der Waals surface area contributed by atoms with E-state index in [1.54, 1.807) is 6.20 Å². The van der Waals surface area contributed by atoms with Gasteiger partial charge in [0.15, 0.2) is 0 Å². The third kappa shape index (κ3) is 8.71. The van der Waals surface area contributed by atoms with Gasteiger partial charge in [-0.2, -0.15) is 0 Å². The molecule has 120 valence electrons. The Hall–Kier alpha value is -1.09. The van der Waals surface area contributed by atoms with E-state index in [4.69, 9.17) is 4.74 Å². The Morgan fingerprint density at radius 3 is 2.52 bits per heavy atom. The highest BCUT2D eigenvalue weighted by Gasteiger charge is 2.11. The van der Waals surface area contributed by atoms with Crippen molar-refractivity contribution in [2.24, 2.45) is 0 Å². The van der Waals surface area contributed by atoms with Crippen molar-refractivity contribution in [1.82, 2.24) is 10.3 Å². The first-order valence-electron chi connectivity index (χ1n) is 8.34.